The molecule has 0 amide bonds. The van der Waals surface area contributed by atoms with Gasteiger partial charge in [-0.25, -0.2) is 9.67 Å². The van der Waals surface area contributed by atoms with E-state index in [9.17, 15) is 0 Å². The fourth-order valence-electron chi connectivity index (χ4n) is 1.00. The molecular weight excluding hydrogens is 150 g/mol. The summed E-state index contributed by atoms with van der Waals surface area (Å²) in [6.45, 7) is 1.98. The zero-order chi connectivity index (χ0) is 8.39. The van der Waals surface area contributed by atoms with E-state index < -0.39 is 0 Å². The first-order valence-corrected chi connectivity index (χ1v) is 3.70. The van der Waals surface area contributed by atoms with Crippen LogP contribution in [0.15, 0.2) is 30.7 Å². The van der Waals surface area contributed by atoms with Crippen molar-refractivity contribution in [2.24, 2.45) is 0 Å². The zero-order valence-electron chi connectivity index (χ0n) is 6.73. The standard InChI is InChI=1S/C9H8N3/c1-8-3-5-10-9(7-8)12-6-2-4-11-12/h2,4-7H,1H3. The molecule has 2 heterocycles. The highest BCUT2D eigenvalue weighted by Crippen LogP contribution is 2.03. The Morgan fingerprint density at radius 2 is 2.42 bits per heavy atom. The predicted molar refractivity (Wildman–Crippen MR) is 44.9 cm³/mol. The summed E-state index contributed by atoms with van der Waals surface area (Å²) in [4.78, 5) is 4.13. The quantitative estimate of drug-likeness (QED) is 0.627. The van der Waals surface area contributed by atoms with Gasteiger partial charge in [0.2, 0.25) is 0 Å². The normalized spacial score (nSPS) is 10.1. The van der Waals surface area contributed by atoms with E-state index in [1.807, 2.05) is 25.3 Å². The van der Waals surface area contributed by atoms with Gasteiger partial charge in [-0.15, -0.1) is 0 Å². The molecule has 2 aromatic heterocycles. The maximum absolute atomic E-state index is 4.13. The minimum atomic E-state index is 0.830. The molecule has 0 unspecified atom stereocenters. The fraction of sp³-hybridized carbons (Fsp3) is 0.111. The van der Waals surface area contributed by atoms with Crippen molar-refractivity contribution in [3.05, 3.63) is 42.4 Å². The SMILES string of the molecule is Cc1[c]cnc(-n2cccn2)c1. The minimum absolute atomic E-state index is 0.830. The average molecular weight is 158 g/mol. The van der Waals surface area contributed by atoms with Gasteiger partial charge in [-0.2, -0.15) is 5.10 Å². The molecule has 0 aliphatic heterocycles. The van der Waals surface area contributed by atoms with Gasteiger partial charge in [-0.1, -0.05) is 0 Å². The summed E-state index contributed by atoms with van der Waals surface area (Å²) < 4.78 is 1.72. The third-order valence-corrected chi connectivity index (χ3v) is 1.57. The predicted octanol–water partition coefficient (Wildman–Crippen LogP) is 1.38. The van der Waals surface area contributed by atoms with Crippen LogP contribution in [0.5, 0.6) is 0 Å². The number of hydrogen-bond donors (Lipinski definition) is 0. The second kappa shape index (κ2) is 2.77. The Hall–Kier alpha value is -1.64. The Morgan fingerprint density at radius 1 is 1.50 bits per heavy atom. The molecule has 3 heteroatoms. The van der Waals surface area contributed by atoms with Crippen LogP contribution in [0, 0.1) is 13.0 Å². The first kappa shape index (κ1) is 7.03. The van der Waals surface area contributed by atoms with Crippen LogP contribution in [-0.4, -0.2) is 14.8 Å². The van der Waals surface area contributed by atoms with Crippen LogP contribution in [0.3, 0.4) is 0 Å². The van der Waals surface area contributed by atoms with E-state index in [0.29, 0.717) is 0 Å². The molecule has 0 aromatic carbocycles. The molecule has 1 radical (unpaired) electrons. The number of aromatic nitrogens is 3. The molecule has 0 saturated heterocycles. The van der Waals surface area contributed by atoms with E-state index in [4.69, 9.17) is 0 Å². The summed E-state index contributed by atoms with van der Waals surface area (Å²) in [6.07, 6.45) is 5.25. The number of rotatable bonds is 1. The van der Waals surface area contributed by atoms with Crippen molar-refractivity contribution in [1.29, 1.82) is 0 Å². The Kier molecular flexibility index (Phi) is 1.63. The van der Waals surface area contributed by atoms with E-state index in [0.717, 1.165) is 11.4 Å². The van der Waals surface area contributed by atoms with Gasteiger partial charge in [0.25, 0.3) is 0 Å². The van der Waals surface area contributed by atoms with Gasteiger partial charge < -0.3 is 0 Å². The van der Waals surface area contributed by atoms with E-state index in [1.165, 1.54) is 0 Å². The van der Waals surface area contributed by atoms with Gasteiger partial charge in [0.15, 0.2) is 5.82 Å². The highest BCUT2D eigenvalue weighted by atomic mass is 15.3. The summed E-state index contributed by atoms with van der Waals surface area (Å²) in [5, 5.41) is 4.07. The molecule has 0 N–H and O–H groups in total. The lowest BCUT2D eigenvalue weighted by molar-refractivity contribution is 0.845. The maximum atomic E-state index is 4.13. The van der Waals surface area contributed by atoms with Gasteiger partial charge in [0, 0.05) is 24.7 Å². The largest absolute Gasteiger partial charge is 0.236 e. The third-order valence-electron chi connectivity index (χ3n) is 1.57. The number of nitrogens with zero attached hydrogens (tertiary/aromatic N) is 3. The van der Waals surface area contributed by atoms with Crippen molar-refractivity contribution in [2.45, 2.75) is 6.92 Å². The molecule has 0 saturated carbocycles. The molecule has 12 heavy (non-hydrogen) atoms. The fourth-order valence-corrected chi connectivity index (χ4v) is 1.00. The van der Waals surface area contributed by atoms with E-state index in [1.54, 1.807) is 17.1 Å². The van der Waals surface area contributed by atoms with E-state index in [2.05, 4.69) is 16.1 Å². The zero-order valence-corrected chi connectivity index (χ0v) is 6.73. The van der Waals surface area contributed by atoms with Crippen LogP contribution in [0.1, 0.15) is 5.56 Å². The molecule has 0 spiro atoms. The monoisotopic (exact) mass is 158 g/mol. The second-order valence-electron chi connectivity index (χ2n) is 2.54. The number of aryl methyl sites for hydroxylation is 1. The van der Waals surface area contributed by atoms with Crippen molar-refractivity contribution in [3.8, 4) is 5.82 Å². The lowest BCUT2D eigenvalue weighted by Gasteiger charge is -1.99. The van der Waals surface area contributed by atoms with Crippen molar-refractivity contribution in [3.63, 3.8) is 0 Å². The van der Waals surface area contributed by atoms with Crippen molar-refractivity contribution < 1.29 is 0 Å². The Bertz CT molecular complexity index is 365. The number of pyridine rings is 1. The van der Waals surface area contributed by atoms with Crippen LogP contribution in [0.2, 0.25) is 0 Å². The summed E-state index contributed by atoms with van der Waals surface area (Å²) >= 11 is 0. The van der Waals surface area contributed by atoms with Gasteiger partial charge in [0.1, 0.15) is 0 Å². The van der Waals surface area contributed by atoms with Gasteiger partial charge in [-0.3, -0.25) is 0 Å². The first-order valence-electron chi connectivity index (χ1n) is 3.70. The smallest absolute Gasteiger partial charge is 0.153 e. The van der Waals surface area contributed by atoms with Crippen LogP contribution in [-0.2, 0) is 0 Å². The molecule has 0 aliphatic rings. The molecule has 2 aromatic rings. The molecule has 59 valence electrons. The first-order chi connectivity index (χ1) is 5.86. The summed E-state index contributed by atoms with van der Waals surface area (Å²) in [5.74, 6) is 0.830. The van der Waals surface area contributed by atoms with Crippen molar-refractivity contribution >= 4 is 0 Å². The van der Waals surface area contributed by atoms with Crippen LogP contribution in [0.4, 0.5) is 0 Å². The molecular formula is C9H8N3. The molecule has 2 rings (SSSR count). The third kappa shape index (κ3) is 1.21. The summed E-state index contributed by atoms with van der Waals surface area (Å²) in [7, 11) is 0. The van der Waals surface area contributed by atoms with Crippen LogP contribution >= 0.6 is 0 Å². The van der Waals surface area contributed by atoms with E-state index >= 15 is 0 Å². The Labute approximate surface area is 70.7 Å². The van der Waals surface area contributed by atoms with Gasteiger partial charge in [0.05, 0.1) is 0 Å². The van der Waals surface area contributed by atoms with Gasteiger partial charge in [-0.05, 0) is 24.6 Å². The van der Waals surface area contributed by atoms with Gasteiger partial charge >= 0.3 is 0 Å². The lowest BCUT2D eigenvalue weighted by Crippen LogP contribution is -1.97. The van der Waals surface area contributed by atoms with E-state index in [-0.39, 0.29) is 0 Å². The lowest BCUT2D eigenvalue weighted by atomic mass is 10.3. The average Bonchev–Trinajstić information content (AvgIpc) is 2.56. The minimum Gasteiger partial charge on any atom is -0.236 e. The number of hydrogen-bond acceptors (Lipinski definition) is 2. The highest BCUT2D eigenvalue weighted by molar-refractivity contribution is 5.24. The topological polar surface area (TPSA) is 30.7 Å². The Balaban J connectivity index is 2.48. The molecule has 0 aliphatic carbocycles. The van der Waals surface area contributed by atoms with Crippen LogP contribution in [0.25, 0.3) is 5.82 Å². The molecule has 0 fully saturated rings. The molecule has 0 bridgehead atoms. The maximum Gasteiger partial charge on any atom is 0.153 e. The Morgan fingerprint density at radius 3 is 3.08 bits per heavy atom. The molecule has 0 atom stereocenters. The van der Waals surface area contributed by atoms with Crippen LogP contribution < -0.4 is 0 Å². The molecule has 3 nitrogen and oxygen atoms in total. The highest BCUT2D eigenvalue weighted by Gasteiger charge is 1.95. The van der Waals surface area contributed by atoms with Crippen molar-refractivity contribution in [2.75, 3.05) is 0 Å². The second-order valence-corrected chi connectivity index (χ2v) is 2.54. The summed E-state index contributed by atoms with van der Waals surface area (Å²) in [6, 6.07) is 6.79. The summed E-state index contributed by atoms with van der Waals surface area (Å²) in [5.41, 5.74) is 1.07. The van der Waals surface area contributed by atoms with Crippen molar-refractivity contribution in [1.82, 2.24) is 14.8 Å².